The molecule has 9 heteroatoms. The van der Waals surface area contributed by atoms with E-state index in [4.69, 9.17) is 17.3 Å². The van der Waals surface area contributed by atoms with Gasteiger partial charge in [-0.05, 0) is 29.1 Å². The van der Waals surface area contributed by atoms with Crippen molar-refractivity contribution in [3.05, 3.63) is 51.4 Å². The Labute approximate surface area is 177 Å². The Morgan fingerprint density at radius 1 is 1.31 bits per heavy atom. The molecule has 7 nitrogen and oxygen atoms in total. The van der Waals surface area contributed by atoms with E-state index in [1.54, 1.807) is 11.0 Å². The zero-order valence-electron chi connectivity index (χ0n) is 15.6. The molecule has 1 amide bonds. The molecule has 1 aliphatic heterocycles. The Kier molecular flexibility index (Phi) is 5.75. The molecule has 0 spiro atoms. The molecule has 1 aromatic carbocycles. The largest absolute Gasteiger partial charge is 0.383 e. The number of thiophene rings is 1. The van der Waals surface area contributed by atoms with Gasteiger partial charge in [0.1, 0.15) is 18.4 Å². The van der Waals surface area contributed by atoms with Crippen LogP contribution in [0, 0.1) is 0 Å². The van der Waals surface area contributed by atoms with Crippen LogP contribution in [-0.4, -0.2) is 57.6 Å². The molecule has 2 N–H and O–H groups in total. The molecule has 0 bridgehead atoms. The van der Waals surface area contributed by atoms with Crippen molar-refractivity contribution < 1.29 is 9.59 Å². The molecule has 1 aliphatic rings. The van der Waals surface area contributed by atoms with Crippen molar-refractivity contribution in [2.45, 2.75) is 19.0 Å². The number of benzene rings is 1. The first-order valence-corrected chi connectivity index (χ1v) is 10.5. The molecule has 3 heterocycles. The molecular formula is C20H20ClN5O2S. The smallest absolute Gasteiger partial charge is 0.227 e. The summed E-state index contributed by atoms with van der Waals surface area (Å²) < 4.78 is 0. The second-order valence-corrected chi connectivity index (χ2v) is 8.40. The van der Waals surface area contributed by atoms with Crippen molar-refractivity contribution in [2.75, 3.05) is 25.4 Å². The van der Waals surface area contributed by atoms with Gasteiger partial charge in [0.2, 0.25) is 5.91 Å². The van der Waals surface area contributed by atoms with E-state index in [9.17, 15) is 9.59 Å². The topological polar surface area (TPSA) is 92.4 Å². The van der Waals surface area contributed by atoms with Crippen molar-refractivity contribution >= 4 is 51.9 Å². The highest BCUT2D eigenvalue weighted by molar-refractivity contribution is 7.10. The number of aldehydes is 1. The van der Waals surface area contributed by atoms with Crippen LogP contribution in [0.1, 0.15) is 10.4 Å². The molecular weight excluding hydrogens is 410 g/mol. The molecule has 29 heavy (non-hydrogen) atoms. The fraction of sp³-hybridized carbons (Fsp3) is 0.300. The minimum Gasteiger partial charge on any atom is -0.383 e. The Balaban J connectivity index is 1.43. The molecule has 0 saturated carbocycles. The third kappa shape index (κ3) is 4.24. The number of rotatable bonds is 5. The first kappa shape index (κ1) is 19.8. The minimum absolute atomic E-state index is 0.00118. The Bertz CT molecular complexity index is 1060. The van der Waals surface area contributed by atoms with E-state index in [1.165, 1.54) is 17.7 Å². The molecule has 0 aliphatic carbocycles. The van der Waals surface area contributed by atoms with Crippen molar-refractivity contribution in [2.24, 2.45) is 0 Å². The van der Waals surface area contributed by atoms with E-state index in [2.05, 4.69) is 14.9 Å². The third-order valence-corrected chi connectivity index (χ3v) is 6.55. The number of nitrogen functional groups attached to an aromatic ring is 1. The Morgan fingerprint density at radius 2 is 2.17 bits per heavy atom. The van der Waals surface area contributed by atoms with E-state index < -0.39 is 0 Å². The van der Waals surface area contributed by atoms with Gasteiger partial charge < -0.3 is 15.4 Å². The van der Waals surface area contributed by atoms with Gasteiger partial charge in [0.25, 0.3) is 0 Å². The van der Waals surface area contributed by atoms with E-state index in [1.807, 2.05) is 23.6 Å². The van der Waals surface area contributed by atoms with Crippen LogP contribution in [0.5, 0.6) is 0 Å². The lowest BCUT2D eigenvalue weighted by molar-refractivity contribution is -0.134. The second kappa shape index (κ2) is 8.44. The summed E-state index contributed by atoms with van der Waals surface area (Å²) in [6, 6.07) is 7.28. The molecule has 2 aromatic heterocycles. The number of carbonyl (C=O) groups is 2. The zero-order chi connectivity index (χ0) is 20.4. The molecule has 3 aromatic rings. The van der Waals surface area contributed by atoms with Gasteiger partial charge in [-0.15, -0.1) is 11.3 Å². The Hall–Kier alpha value is -2.55. The first-order chi connectivity index (χ1) is 14.0. The highest BCUT2D eigenvalue weighted by atomic mass is 35.5. The van der Waals surface area contributed by atoms with Crippen LogP contribution in [0.3, 0.4) is 0 Å². The number of aromatic nitrogens is 2. The van der Waals surface area contributed by atoms with E-state index in [-0.39, 0.29) is 18.4 Å². The van der Waals surface area contributed by atoms with Crippen LogP contribution in [0.25, 0.3) is 10.9 Å². The number of nitrogens with zero attached hydrogens (tertiary/aromatic N) is 4. The summed E-state index contributed by atoms with van der Waals surface area (Å²) in [6.07, 6.45) is 2.63. The summed E-state index contributed by atoms with van der Waals surface area (Å²) in [7, 11) is 0. The zero-order valence-corrected chi connectivity index (χ0v) is 17.2. The normalized spacial score (nSPS) is 17.6. The fourth-order valence-electron chi connectivity index (χ4n) is 3.56. The van der Waals surface area contributed by atoms with Crippen LogP contribution in [0.4, 0.5) is 5.82 Å². The van der Waals surface area contributed by atoms with Crippen molar-refractivity contribution in [3.8, 4) is 0 Å². The summed E-state index contributed by atoms with van der Waals surface area (Å²) in [4.78, 5) is 37.3. The van der Waals surface area contributed by atoms with Gasteiger partial charge in [0, 0.05) is 36.4 Å². The van der Waals surface area contributed by atoms with Gasteiger partial charge in [-0.1, -0.05) is 17.7 Å². The molecule has 150 valence electrons. The average Bonchev–Trinajstić information content (AvgIpc) is 3.12. The number of carbonyl (C=O) groups excluding carboxylic acids is 2. The SMILES string of the molecule is Nc1ncnc2cc(CN3CCN(C(=O)Cc4sccc4Cl)CC3C=O)ccc12. The summed E-state index contributed by atoms with van der Waals surface area (Å²) in [5.41, 5.74) is 7.69. The maximum Gasteiger partial charge on any atom is 0.227 e. The predicted molar refractivity (Wildman–Crippen MR) is 114 cm³/mol. The number of hydrogen-bond donors (Lipinski definition) is 1. The maximum absolute atomic E-state index is 12.6. The molecule has 1 saturated heterocycles. The van der Waals surface area contributed by atoms with Crippen LogP contribution in [-0.2, 0) is 22.6 Å². The number of nitrogens with two attached hydrogens (primary N) is 1. The third-order valence-electron chi connectivity index (χ3n) is 5.16. The first-order valence-electron chi connectivity index (χ1n) is 9.23. The number of halogens is 1. The van der Waals surface area contributed by atoms with Crippen molar-refractivity contribution in [1.82, 2.24) is 19.8 Å². The van der Waals surface area contributed by atoms with Gasteiger partial charge in [-0.25, -0.2) is 9.97 Å². The molecule has 0 radical (unpaired) electrons. The van der Waals surface area contributed by atoms with Gasteiger partial charge in [-0.3, -0.25) is 9.69 Å². The van der Waals surface area contributed by atoms with Gasteiger partial charge in [-0.2, -0.15) is 0 Å². The molecule has 1 fully saturated rings. The maximum atomic E-state index is 12.6. The van der Waals surface area contributed by atoms with Gasteiger partial charge >= 0.3 is 0 Å². The number of hydrogen-bond acceptors (Lipinski definition) is 7. The molecule has 1 unspecified atom stereocenters. The van der Waals surface area contributed by atoms with Crippen molar-refractivity contribution in [3.63, 3.8) is 0 Å². The minimum atomic E-state index is -0.349. The van der Waals surface area contributed by atoms with E-state index in [0.29, 0.717) is 37.0 Å². The molecule has 4 rings (SSSR count). The summed E-state index contributed by atoms with van der Waals surface area (Å²) in [5, 5.41) is 3.31. The monoisotopic (exact) mass is 429 g/mol. The lowest BCUT2D eigenvalue weighted by Crippen LogP contribution is -2.55. The number of fused-ring (bicyclic) bond motifs is 1. The lowest BCUT2D eigenvalue weighted by Gasteiger charge is -2.39. The van der Waals surface area contributed by atoms with Gasteiger partial charge in [0.05, 0.1) is 23.0 Å². The Morgan fingerprint density at radius 3 is 2.93 bits per heavy atom. The average molecular weight is 430 g/mol. The number of amides is 1. The standard InChI is InChI=1S/C20H20ClN5O2S/c21-16-3-6-29-18(16)8-19(28)26-5-4-25(14(10-26)11-27)9-13-1-2-15-17(7-13)23-12-24-20(15)22/h1-3,6-7,11-12,14H,4-5,8-10H2,(H2,22,23,24). The number of anilines is 1. The summed E-state index contributed by atoms with van der Waals surface area (Å²) in [6.45, 7) is 2.18. The molecule has 1 atom stereocenters. The van der Waals surface area contributed by atoms with E-state index >= 15 is 0 Å². The van der Waals surface area contributed by atoms with Gasteiger partial charge in [0.15, 0.2) is 0 Å². The van der Waals surface area contributed by atoms with Crippen LogP contribution in [0.15, 0.2) is 36.0 Å². The summed E-state index contributed by atoms with van der Waals surface area (Å²) in [5.74, 6) is 0.448. The highest BCUT2D eigenvalue weighted by Crippen LogP contribution is 2.24. The van der Waals surface area contributed by atoms with E-state index in [0.717, 1.165) is 27.6 Å². The van der Waals surface area contributed by atoms with Crippen molar-refractivity contribution in [1.29, 1.82) is 0 Å². The highest BCUT2D eigenvalue weighted by Gasteiger charge is 2.29. The quantitative estimate of drug-likeness (QED) is 0.626. The van der Waals surface area contributed by atoms with Crippen LogP contribution >= 0.6 is 22.9 Å². The lowest BCUT2D eigenvalue weighted by atomic mass is 10.1. The predicted octanol–water partition coefficient (Wildman–Crippen LogP) is 2.38. The number of piperazine rings is 1. The fourth-order valence-corrected chi connectivity index (χ4v) is 4.65. The van der Waals surface area contributed by atoms with Crippen LogP contribution < -0.4 is 5.73 Å². The second-order valence-electron chi connectivity index (χ2n) is 6.99. The summed E-state index contributed by atoms with van der Waals surface area (Å²) >= 11 is 7.58. The van der Waals surface area contributed by atoms with Crippen LogP contribution in [0.2, 0.25) is 5.02 Å².